The van der Waals surface area contributed by atoms with Crippen molar-refractivity contribution in [3.05, 3.63) is 23.3 Å². The first-order valence-corrected chi connectivity index (χ1v) is 8.69. The maximum absolute atomic E-state index is 12.7. The summed E-state index contributed by atoms with van der Waals surface area (Å²) < 4.78 is 11.4. The van der Waals surface area contributed by atoms with Gasteiger partial charge in [0.05, 0.1) is 6.61 Å². The summed E-state index contributed by atoms with van der Waals surface area (Å²) in [6.07, 6.45) is 0.670. The van der Waals surface area contributed by atoms with Crippen molar-refractivity contribution in [2.24, 2.45) is 11.8 Å². The van der Waals surface area contributed by atoms with E-state index in [2.05, 4.69) is 33.0 Å². The Morgan fingerprint density at radius 3 is 2.08 bits per heavy atom. The maximum Gasteiger partial charge on any atom is 0.256 e. The van der Waals surface area contributed by atoms with E-state index in [0.717, 1.165) is 22.6 Å². The van der Waals surface area contributed by atoms with Gasteiger partial charge in [-0.2, -0.15) is 0 Å². The van der Waals surface area contributed by atoms with Gasteiger partial charge in [-0.15, -0.1) is 0 Å². The van der Waals surface area contributed by atoms with E-state index in [9.17, 15) is 4.79 Å². The van der Waals surface area contributed by atoms with Crippen LogP contribution in [0.5, 0.6) is 5.75 Å². The van der Waals surface area contributed by atoms with Crippen molar-refractivity contribution in [1.29, 1.82) is 0 Å². The normalized spacial score (nSPS) is 13.9. The number of aryl methyl sites for hydroxylation is 2. The number of carbonyl (C=O) groups is 1. The molecule has 4 heteroatoms. The quantitative estimate of drug-likeness (QED) is 0.747. The third-order valence-corrected chi connectivity index (χ3v) is 4.01. The highest BCUT2D eigenvalue weighted by Crippen LogP contribution is 2.29. The standard InChI is InChI=1S/C20H33NO3/c1-13(2)11-20(7,23-8)19(22)21-17-9-15(5)18(16(6)10-17)24-12-14(3)4/h9-10,13-14H,11-12H2,1-8H3,(H,21,22)/t20-/m0/s1. The van der Waals surface area contributed by atoms with Crippen LogP contribution in [0, 0.1) is 25.7 Å². The monoisotopic (exact) mass is 335 g/mol. The van der Waals surface area contributed by atoms with Crippen molar-refractivity contribution in [3.8, 4) is 5.75 Å². The Morgan fingerprint density at radius 2 is 1.67 bits per heavy atom. The van der Waals surface area contributed by atoms with E-state index in [0.29, 0.717) is 24.9 Å². The molecule has 0 unspecified atom stereocenters. The fourth-order valence-corrected chi connectivity index (χ4v) is 2.81. The predicted molar refractivity (Wildman–Crippen MR) is 99.7 cm³/mol. The smallest absolute Gasteiger partial charge is 0.256 e. The van der Waals surface area contributed by atoms with Crippen molar-refractivity contribution in [1.82, 2.24) is 0 Å². The Morgan fingerprint density at radius 1 is 1.12 bits per heavy atom. The Kier molecular flexibility index (Phi) is 7.27. The second kappa shape index (κ2) is 8.52. The molecule has 0 bridgehead atoms. The molecule has 4 nitrogen and oxygen atoms in total. The first kappa shape index (κ1) is 20.5. The molecule has 0 heterocycles. The lowest BCUT2D eigenvalue weighted by molar-refractivity contribution is -0.137. The van der Waals surface area contributed by atoms with Gasteiger partial charge in [0.25, 0.3) is 5.91 Å². The number of hydrogen-bond donors (Lipinski definition) is 1. The van der Waals surface area contributed by atoms with Crippen LogP contribution < -0.4 is 10.1 Å². The topological polar surface area (TPSA) is 47.6 Å². The van der Waals surface area contributed by atoms with Crippen molar-refractivity contribution >= 4 is 11.6 Å². The van der Waals surface area contributed by atoms with Crippen molar-refractivity contribution < 1.29 is 14.3 Å². The van der Waals surface area contributed by atoms with Crippen LogP contribution in [0.2, 0.25) is 0 Å². The average molecular weight is 335 g/mol. The molecule has 136 valence electrons. The number of methoxy groups -OCH3 is 1. The summed E-state index contributed by atoms with van der Waals surface area (Å²) in [5, 5.41) is 2.99. The Hall–Kier alpha value is -1.55. The van der Waals surface area contributed by atoms with Crippen LogP contribution in [0.1, 0.15) is 52.2 Å². The highest BCUT2D eigenvalue weighted by Gasteiger charge is 2.34. The number of anilines is 1. The molecule has 0 aliphatic carbocycles. The third kappa shape index (κ3) is 5.52. The van der Waals surface area contributed by atoms with Crippen molar-refractivity contribution in [2.75, 3.05) is 19.0 Å². The lowest BCUT2D eigenvalue weighted by atomic mass is 9.93. The Labute approximate surface area is 146 Å². The first-order valence-electron chi connectivity index (χ1n) is 8.69. The molecule has 0 fully saturated rings. The van der Waals surface area contributed by atoms with Gasteiger partial charge >= 0.3 is 0 Å². The average Bonchev–Trinajstić information content (AvgIpc) is 2.45. The van der Waals surface area contributed by atoms with Crippen molar-refractivity contribution in [3.63, 3.8) is 0 Å². The van der Waals surface area contributed by atoms with Crippen LogP contribution in [-0.2, 0) is 9.53 Å². The van der Waals surface area contributed by atoms with Gasteiger partial charge in [0.2, 0.25) is 0 Å². The number of ether oxygens (including phenoxy) is 2. The van der Waals surface area contributed by atoms with Crippen molar-refractivity contribution in [2.45, 2.75) is 60.5 Å². The van der Waals surface area contributed by atoms with E-state index in [1.165, 1.54) is 0 Å². The fourth-order valence-electron chi connectivity index (χ4n) is 2.81. The summed E-state index contributed by atoms with van der Waals surface area (Å²) in [4.78, 5) is 12.7. The number of nitrogens with one attached hydrogen (secondary N) is 1. The molecular formula is C20H33NO3. The molecule has 1 N–H and O–H groups in total. The fraction of sp³-hybridized carbons (Fsp3) is 0.650. The Bertz CT molecular complexity index is 543. The molecule has 1 aromatic carbocycles. The van der Waals surface area contributed by atoms with E-state index in [-0.39, 0.29) is 5.91 Å². The molecule has 1 rings (SSSR count). The minimum atomic E-state index is -0.831. The van der Waals surface area contributed by atoms with Crippen LogP contribution in [-0.4, -0.2) is 25.2 Å². The van der Waals surface area contributed by atoms with Gasteiger partial charge in [-0.1, -0.05) is 27.7 Å². The van der Waals surface area contributed by atoms with E-state index in [1.807, 2.05) is 32.9 Å². The molecule has 0 saturated heterocycles. The first-order chi connectivity index (χ1) is 11.1. The van der Waals surface area contributed by atoms with Gasteiger partial charge in [0.1, 0.15) is 11.4 Å². The van der Waals surface area contributed by atoms with Gasteiger partial charge in [0.15, 0.2) is 0 Å². The van der Waals surface area contributed by atoms with Gasteiger partial charge in [-0.3, -0.25) is 4.79 Å². The summed E-state index contributed by atoms with van der Waals surface area (Å²) in [6, 6.07) is 3.90. The second-order valence-corrected chi connectivity index (χ2v) is 7.63. The largest absolute Gasteiger partial charge is 0.493 e. The lowest BCUT2D eigenvalue weighted by Gasteiger charge is -2.28. The van der Waals surface area contributed by atoms with Gasteiger partial charge in [-0.25, -0.2) is 0 Å². The van der Waals surface area contributed by atoms with E-state index >= 15 is 0 Å². The Balaban J connectivity index is 2.94. The molecule has 0 saturated carbocycles. The zero-order valence-electron chi connectivity index (χ0n) is 16.4. The van der Waals surface area contributed by atoms with E-state index in [1.54, 1.807) is 7.11 Å². The molecular weight excluding hydrogens is 302 g/mol. The number of amides is 1. The number of hydrogen-bond acceptors (Lipinski definition) is 3. The number of carbonyl (C=O) groups excluding carboxylic acids is 1. The summed E-state index contributed by atoms with van der Waals surface area (Å²) in [7, 11) is 1.58. The zero-order chi connectivity index (χ0) is 18.5. The molecule has 0 aromatic heterocycles. The molecule has 0 radical (unpaired) electrons. The molecule has 1 aromatic rings. The predicted octanol–water partition coefficient (Wildman–Crippen LogP) is 4.73. The van der Waals surface area contributed by atoms with Gasteiger partial charge in [0, 0.05) is 12.8 Å². The molecule has 1 atom stereocenters. The highest BCUT2D eigenvalue weighted by atomic mass is 16.5. The van der Waals surface area contributed by atoms with E-state index < -0.39 is 5.60 Å². The van der Waals surface area contributed by atoms with Crippen LogP contribution in [0.25, 0.3) is 0 Å². The van der Waals surface area contributed by atoms with Gasteiger partial charge in [-0.05, 0) is 62.3 Å². The minimum Gasteiger partial charge on any atom is -0.493 e. The summed E-state index contributed by atoms with van der Waals surface area (Å²) in [6.45, 7) is 14.9. The third-order valence-electron chi connectivity index (χ3n) is 4.01. The molecule has 1 amide bonds. The molecule has 24 heavy (non-hydrogen) atoms. The molecule has 0 spiro atoms. The summed E-state index contributed by atoms with van der Waals surface area (Å²) in [5.41, 5.74) is 1.99. The lowest BCUT2D eigenvalue weighted by Crippen LogP contribution is -2.43. The van der Waals surface area contributed by atoms with Crippen LogP contribution >= 0.6 is 0 Å². The number of rotatable bonds is 8. The summed E-state index contributed by atoms with van der Waals surface area (Å²) >= 11 is 0. The van der Waals surface area contributed by atoms with Crippen LogP contribution in [0.3, 0.4) is 0 Å². The van der Waals surface area contributed by atoms with Gasteiger partial charge < -0.3 is 14.8 Å². The SMILES string of the molecule is CO[C@@](C)(CC(C)C)C(=O)Nc1cc(C)c(OCC(C)C)c(C)c1. The summed E-state index contributed by atoms with van der Waals surface area (Å²) in [5.74, 6) is 1.63. The minimum absolute atomic E-state index is 0.117. The van der Waals surface area contributed by atoms with Crippen LogP contribution in [0.15, 0.2) is 12.1 Å². The second-order valence-electron chi connectivity index (χ2n) is 7.63. The number of benzene rings is 1. The molecule has 0 aliphatic heterocycles. The zero-order valence-corrected chi connectivity index (χ0v) is 16.4. The molecule has 0 aliphatic rings. The van der Waals surface area contributed by atoms with E-state index in [4.69, 9.17) is 9.47 Å². The maximum atomic E-state index is 12.7. The highest BCUT2D eigenvalue weighted by molar-refractivity contribution is 5.97. The van der Waals surface area contributed by atoms with Crippen LogP contribution in [0.4, 0.5) is 5.69 Å².